The van der Waals surface area contributed by atoms with Crippen LogP contribution in [0.2, 0.25) is 0 Å². The van der Waals surface area contributed by atoms with E-state index >= 15 is 0 Å². The number of hydrogen-bond donors (Lipinski definition) is 0. The summed E-state index contributed by atoms with van der Waals surface area (Å²) >= 11 is 3.46. The molecule has 3 nitrogen and oxygen atoms in total. The molecule has 0 amide bonds. The van der Waals surface area contributed by atoms with E-state index in [9.17, 15) is 4.79 Å². The van der Waals surface area contributed by atoms with Gasteiger partial charge in [0.05, 0.1) is 0 Å². The molecule has 0 unspecified atom stereocenters. The molecule has 0 N–H and O–H groups in total. The predicted molar refractivity (Wildman–Crippen MR) is 94.9 cm³/mol. The van der Waals surface area contributed by atoms with Gasteiger partial charge < -0.3 is 8.83 Å². The Bertz CT molecular complexity index is 1120. The van der Waals surface area contributed by atoms with Gasteiger partial charge in [0, 0.05) is 26.9 Å². The van der Waals surface area contributed by atoms with Crippen molar-refractivity contribution in [3.05, 3.63) is 68.5 Å². The summed E-state index contributed by atoms with van der Waals surface area (Å²) in [5.74, 6) is 0.666. The second kappa shape index (κ2) is 5.10. The molecule has 4 aromatic rings. The first-order valence-corrected chi connectivity index (χ1v) is 8.06. The zero-order chi connectivity index (χ0) is 16.1. The number of aryl methyl sites for hydroxylation is 2. The maximum Gasteiger partial charge on any atom is 0.336 e. The average Bonchev–Trinajstić information content (AvgIpc) is 2.93. The predicted octanol–water partition coefficient (Wildman–Crippen LogP) is 5.59. The Morgan fingerprint density at radius 2 is 1.78 bits per heavy atom. The molecule has 0 aliphatic heterocycles. The number of furan rings is 1. The third-order valence-electron chi connectivity index (χ3n) is 4.18. The molecule has 0 saturated carbocycles. The number of fused-ring (bicyclic) bond motifs is 2. The highest BCUT2D eigenvalue weighted by atomic mass is 79.9. The van der Waals surface area contributed by atoms with Gasteiger partial charge in [-0.1, -0.05) is 28.1 Å². The van der Waals surface area contributed by atoms with E-state index in [0.717, 1.165) is 37.5 Å². The maximum atomic E-state index is 12.0. The lowest BCUT2D eigenvalue weighted by atomic mass is 10.0. The molecule has 23 heavy (non-hydrogen) atoms. The van der Waals surface area contributed by atoms with Gasteiger partial charge >= 0.3 is 5.63 Å². The van der Waals surface area contributed by atoms with Gasteiger partial charge in [-0.2, -0.15) is 0 Å². The molecule has 0 atom stereocenters. The molecule has 0 aliphatic rings. The third-order valence-corrected chi connectivity index (χ3v) is 4.67. The van der Waals surface area contributed by atoms with Crippen LogP contribution in [0, 0.1) is 13.8 Å². The molecule has 4 heteroatoms. The van der Waals surface area contributed by atoms with Crippen LogP contribution in [0.4, 0.5) is 0 Å². The van der Waals surface area contributed by atoms with Crippen LogP contribution in [0.5, 0.6) is 0 Å². The molecule has 0 fully saturated rings. The van der Waals surface area contributed by atoms with Crippen LogP contribution in [0.3, 0.4) is 0 Å². The molecule has 2 aromatic carbocycles. The lowest BCUT2D eigenvalue weighted by molar-refractivity contribution is 0.557. The first-order valence-electron chi connectivity index (χ1n) is 7.26. The van der Waals surface area contributed by atoms with Gasteiger partial charge in [-0.05, 0) is 49.2 Å². The third kappa shape index (κ3) is 2.30. The second-order valence-corrected chi connectivity index (χ2v) is 6.57. The summed E-state index contributed by atoms with van der Waals surface area (Å²) in [6, 6.07) is 13.3. The van der Waals surface area contributed by atoms with Crippen molar-refractivity contribution in [3.8, 4) is 11.3 Å². The van der Waals surface area contributed by atoms with Crippen LogP contribution >= 0.6 is 15.9 Å². The van der Waals surface area contributed by atoms with E-state index in [2.05, 4.69) is 15.9 Å². The van der Waals surface area contributed by atoms with Gasteiger partial charge in [-0.3, -0.25) is 0 Å². The SMILES string of the molecule is Cc1ccc2c(-c3cc4cc(Br)ccc4o3)cc(=O)oc2c1C. The Kier molecular flexibility index (Phi) is 3.16. The highest BCUT2D eigenvalue weighted by Gasteiger charge is 2.14. The fourth-order valence-corrected chi connectivity index (χ4v) is 3.19. The summed E-state index contributed by atoms with van der Waals surface area (Å²) in [5.41, 5.74) is 3.85. The van der Waals surface area contributed by atoms with Crippen LogP contribution in [0.15, 0.2) is 60.6 Å². The van der Waals surface area contributed by atoms with E-state index in [1.165, 1.54) is 6.07 Å². The van der Waals surface area contributed by atoms with E-state index in [0.29, 0.717) is 11.3 Å². The lowest BCUT2D eigenvalue weighted by Gasteiger charge is -2.07. The lowest BCUT2D eigenvalue weighted by Crippen LogP contribution is -1.99. The van der Waals surface area contributed by atoms with Gasteiger partial charge in [0.1, 0.15) is 16.9 Å². The van der Waals surface area contributed by atoms with Gasteiger partial charge in [-0.25, -0.2) is 4.79 Å². The highest BCUT2D eigenvalue weighted by Crippen LogP contribution is 2.34. The van der Waals surface area contributed by atoms with Crippen molar-refractivity contribution in [1.82, 2.24) is 0 Å². The van der Waals surface area contributed by atoms with E-state index in [1.54, 1.807) is 0 Å². The van der Waals surface area contributed by atoms with Crippen molar-refractivity contribution < 1.29 is 8.83 Å². The molecule has 4 rings (SSSR count). The van der Waals surface area contributed by atoms with E-state index in [4.69, 9.17) is 8.83 Å². The summed E-state index contributed by atoms with van der Waals surface area (Å²) in [6.07, 6.45) is 0. The Morgan fingerprint density at radius 1 is 0.957 bits per heavy atom. The number of hydrogen-bond acceptors (Lipinski definition) is 3. The van der Waals surface area contributed by atoms with E-state index < -0.39 is 0 Å². The Hall–Kier alpha value is -2.33. The number of benzene rings is 2. The van der Waals surface area contributed by atoms with E-state index in [-0.39, 0.29) is 5.63 Å². The Labute approximate surface area is 140 Å². The summed E-state index contributed by atoms with van der Waals surface area (Å²) in [4.78, 5) is 12.0. The van der Waals surface area contributed by atoms with Crippen molar-refractivity contribution >= 4 is 37.9 Å². The van der Waals surface area contributed by atoms with Crippen molar-refractivity contribution in [1.29, 1.82) is 0 Å². The summed E-state index contributed by atoms with van der Waals surface area (Å²) in [7, 11) is 0. The maximum absolute atomic E-state index is 12.0. The molecule has 0 saturated heterocycles. The minimum Gasteiger partial charge on any atom is -0.456 e. The van der Waals surface area contributed by atoms with Gasteiger partial charge in [-0.15, -0.1) is 0 Å². The Balaban J connectivity index is 2.07. The van der Waals surface area contributed by atoms with Crippen LogP contribution < -0.4 is 5.63 Å². The van der Waals surface area contributed by atoms with Crippen LogP contribution in [0.25, 0.3) is 33.3 Å². The summed E-state index contributed by atoms with van der Waals surface area (Å²) < 4.78 is 12.4. The van der Waals surface area contributed by atoms with Crippen molar-refractivity contribution in [2.45, 2.75) is 13.8 Å². The van der Waals surface area contributed by atoms with Crippen molar-refractivity contribution in [2.24, 2.45) is 0 Å². The largest absolute Gasteiger partial charge is 0.456 e. The summed E-state index contributed by atoms with van der Waals surface area (Å²) in [6.45, 7) is 3.96. The van der Waals surface area contributed by atoms with Crippen LogP contribution in [-0.2, 0) is 0 Å². The highest BCUT2D eigenvalue weighted by molar-refractivity contribution is 9.10. The van der Waals surface area contributed by atoms with Crippen LogP contribution in [-0.4, -0.2) is 0 Å². The first kappa shape index (κ1) is 14.3. The fraction of sp³-hybridized carbons (Fsp3) is 0.105. The smallest absolute Gasteiger partial charge is 0.336 e. The Morgan fingerprint density at radius 3 is 2.61 bits per heavy atom. The van der Waals surface area contributed by atoms with Gasteiger partial charge in [0.15, 0.2) is 0 Å². The monoisotopic (exact) mass is 368 g/mol. The standard InChI is InChI=1S/C19H13BrO3/c1-10-3-5-14-15(9-18(21)23-19(14)11(10)2)17-8-12-7-13(20)4-6-16(12)22-17/h3-9H,1-2H3. The molecular weight excluding hydrogens is 356 g/mol. The summed E-state index contributed by atoms with van der Waals surface area (Å²) in [5, 5.41) is 1.87. The minimum atomic E-state index is -0.372. The van der Waals surface area contributed by atoms with Gasteiger partial charge in [0.25, 0.3) is 0 Å². The molecular formula is C19H13BrO3. The van der Waals surface area contributed by atoms with Gasteiger partial charge in [0.2, 0.25) is 0 Å². The molecule has 0 radical (unpaired) electrons. The molecule has 0 aliphatic carbocycles. The van der Waals surface area contributed by atoms with E-state index in [1.807, 2.05) is 50.2 Å². The zero-order valence-electron chi connectivity index (χ0n) is 12.6. The molecule has 0 spiro atoms. The molecule has 2 heterocycles. The molecule has 0 bridgehead atoms. The first-order chi connectivity index (χ1) is 11.0. The topological polar surface area (TPSA) is 43.4 Å². The number of rotatable bonds is 1. The number of halogens is 1. The van der Waals surface area contributed by atoms with Crippen molar-refractivity contribution in [3.63, 3.8) is 0 Å². The average molecular weight is 369 g/mol. The van der Waals surface area contributed by atoms with Crippen molar-refractivity contribution in [2.75, 3.05) is 0 Å². The minimum absolute atomic E-state index is 0.372. The normalized spacial score (nSPS) is 11.4. The molecule has 114 valence electrons. The second-order valence-electron chi connectivity index (χ2n) is 5.66. The fourth-order valence-electron chi connectivity index (χ4n) is 2.81. The quantitative estimate of drug-likeness (QED) is 0.411. The van der Waals surface area contributed by atoms with Crippen LogP contribution in [0.1, 0.15) is 11.1 Å². The molecule has 2 aromatic heterocycles. The zero-order valence-corrected chi connectivity index (χ0v) is 14.2.